The second-order valence-corrected chi connectivity index (χ2v) is 13.0. The molecule has 1 spiro atoms. The number of carbonyl (C=O) groups is 1. The number of aryl methyl sites for hydroxylation is 1. The zero-order valence-electron chi connectivity index (χ0n) is 22.0. The molecule has 5 atom stereocenters. The van der Waals surface area contributed by atoms with E-state index in [-0.39, 0.29) is 11.3 Å². The molecule has 6 heteroatoms. The third-order valence-electron chi connectivity index (χ3n) is 9.92. The van der Waals surface area contributed by atoms with Crippen molar-refractivity contribution in [2.24, 2.45) is 11.8 Å². The van der Waals surface area contributed by atoms with Crippen molar-refractivity contribution in [3.8, 4) is 0 Å². The molecule has 3 heterocycles. The maximum absolute atomic E-state index is 14.6. The molecule has 0 radical (unpaired) electrons. The largest absolute Gasteiger partial charge is 0.339 e. The quantitative estimate of drug-likeness (QED) is 0.589. The van der Waals surface area contributed by atoms with Gasteiger partial charge in [-0.25, -0.2) is 4.98 Å². The predicted molar refractivity (Wildman–Crippen MR) is 146 cm³/mol. The second-order valence-electron chi connectivity index (χ2n) is 11.8. The van der Waals surface area contributed by atoms with Crippen LogP contribution in [-0.2, 0) is 10.2 Å². The first-order valence-corrected chi connectivity index (χ1v) is 15.1. The van der Waals surface area contributed by atoms with Gasteiger partial charge in [0.2, 0.25) is 5.91 Å². The van der Waals surface area contributed by atoms with E-state index in [1.165, 1.54) is 48.2 Å². The summed E-state index contributed by atoms with van der Waals surface area (Å²) in [6.07, 6.45) is 10.9. The predicted octanol–water partition coefficient (Wildman–Crippen LogP) is 5.32. The molecule has 3 fully saturated rings. The topological polar surface area (TPSA) is 57.3 Å². The molecule has 1 amide bonds. The van der Waals surface area contributed by atoms with Gasteiger partial charge >= 0.3 is 0 Å². The normalized spacial score (nSPS) is 33.1. The van der Waals surface area contributed by atoms with E-state index >= 15 is 0 Å². The first kappa shape index (κ1) is 24.6. The standard InChI is InChI=1S/C30H42N4OS/c1-20-33-27-25(31-2)13-15-30(28(27)36-20)19-32-18-24(30)29(35)34-16-14-23(21-9-5-3-6-10-21)17-26(34)22-11-7-4-8-12-22/h3,5-6,9-10,22-26,31-32H,4,7-8,11-19H2,1-2H3. The molecule has 1 aromatic carbocycles. The van der Waals surface area contributed by atoms with Crippen LogP contribution in [0.3, 0.4) is 0 Å². The Bertz CT molecular complexity index is 1060. The van der Waals surface area contributed by atoms with Crippen LogP contribution in [0, 0.1) is 18.8 Å². The number of fused-ring (bicyclic) bond motifs is 2. The molecule has 0 bridgehead atoms. The number of thiazole rings is 1. The zero-order valence-corrected chi connectivity index (χ0v) is 22.8. The van der Waals surface area contributed by atoms with Gasteiger partial charge in [-0.2, -0.15) is 0 Å². The molecule has 2 aliphatic heterocycles. The number of benzene rings is 1. The lowest BCUT2D eigenvalue weighted by atomic mass is 9.67. The SMILES string of the molecule is CNC1CCC2(CNCC2C(=O)N2CCC(c3ccccc3)CC2C2CCCCC2)c2sc(C)nc21. The monoisotopic (exact) mass is 506 g/mol. The molecular weight excluding hydrogens is 464 g/mol. The van der Waals surface area contributed by atoms with Crippen molar-refractivity contribution < 1.29 is 4.79 Å². The van der Waals surface area contributed by atoms with E-state index < -0.39 is 0 Å². The van der Waals surface area contributed by atoms with Crippen molar-refractivity contribution in [3.63, 3.8) is 0 Å². The first-order valence-electron chi connectivity index (χ1n) is 14.3. The lowest BCUT2D eigenvalue weighted by molar-refractivity contribution is -0.143. The summed E-state index contributed by atoms with van der Waals surface area (Å²) in [5, 5.41) is 8.29. The molecule has 5 nitrogen and oxygen atoms in total. The Hall–Kier alpha value is -1.76. The minimum atomic E-state index is -0.0981. The Kier molecular flexibility index (Phi) is 6.95. The number of aromatic nitrogens is 1. The lowest BCUT2D eigenvalue weighted by Gasteiger charge is -2.48. The Balaban J connectivity index is 1.30. The van der Waals surface area contributed by atoms with Crippen LogP contribution in [-0.4, -0.2) is 48.5 Å². The van der Waals surface area contributed by atoms with Crippen molar-refractivity contribution in [2.75, 3.05) is 26.7 Å². The number of rotatable bonds is 4. The van der Waals surface area contributed by atoms with Gasteiger partial charge in [0.25, 0.3) is 0 Å². The number of carbonyl (C=O) groups excluding carboxylic acids is 1. The van der Waals surface area contributed by atoms with Crippen LogP contribution >= 0.6 is 11.3 Å². The molecule has 1 aromatic heterocycles. The minimum absolute atomic E-state index is 0.0215. The summed E-state index contributed by atoms with van der Waals surface area (Å²) in [5.74, 6) is 1.66. The Morgan fingerprint density at radius 1 is 1.14 bits per heavy atom. The smallest absolute Gasteiger partial charge is 0.228 e. The van der Waals surface area contributed by atoms with E-state index in [1.807, 2.05) is 18.4 Å². The lowest BCUT2D eigenvalue weighted by Crippen LogP contribution is -2.55. The second kappa shape index (κ2) is 10.2. The molecule has 5 unspecified atom stereocenters. The Morgan fingerprint density at radius 3 is 2.72 bits per heavy atom. The van der Waals surface area contributed by atoms with Gasteiger partial charge in [0.05, 0.1) is 22.7 Å². The highest BCUT2D eigenvalue weighted by molar-refractivity contribution is 7.11. The van der Waals surface area contributed by atoms with Crippen molar-refractivity contribution in [1.29, 1.82) is 0 Å². The molecule has 2 aliphatic carbocycles. The molecule has 1 saturated carbocycles. The highest BCUT2D eigenvalue weighted by Gasteiger charge is 2.54. The van der Waals surface area contributed by atoms with Crippen LogP contribution in [0.1, 0.15) is 90.9 Å². The van der Waals surface area contributed by atoms with E-state index in [4.69, 9.17) is 4.98 Å². The minimum Gasteiger partial charge on any atom is -0.339 e. The van der Waals surface area contributed by atoms with Gasteiger partial charge in [0.1, 0.15) is 0 Å². The number of hydrogen-bond acceptors (Lipinski definition) is 5. The fraction of sp³-hybridized carbons (Fsp3) is 0.667. The third-order valence-corrected chi connectivity index (χ3v) is 11.1. The van der Waals surface area contributed by atoms with Gasteiger partial charge in [-0.05, 0) is 69.9 Å². The summed E-state index contributed by atoms with van der Waals surface area (Å²) < 4.78 is 0. The van der Waals surface area contributed by atoms with Gasteiger partial charge in [-0.1, -0.05) is 49.6 Å². The van der Waals surface area contributed by atoms with E-state index in [0.717, 1.165) is 50.3 Å². The summed E-state index contributed by atoms with van der Waals surface area (Å²) in [6.45, 7) is 4.73. The Morgan fingerprint density at radius 2 is 1.94 bits per heavy atom. The molecule has 36 heavy (non-hydrogen) atoms. The summed E-state index contributed by atoms with van der Waals surface area (Å²) in [4.78, 5) is 23.3. The molecule has 194 valence electrons. The Labute approximate surface area is 220 Å². The summed E-state index contributed by atoms with van der Waals surface area (Å²) in [7, 11) is 2.04. The van der Waals surface area contributed by atoms with Crippen molar-refractivity contribution in [1.82, 2.24) is 20.5 Å². The van der Waals surface area contributed by atoms with Gasteiger partial charge < -0.3 is 15.5 Å². The van der Waals surface area contributed by atoms with Crippen LogP contribution in [0.15, 0.2) is 30.3 Å². The molecule has 2 N–H and O–H groups in total. The van der Waals surface area contributed by atoms with E-state index in [0.29, 0.717) is 29.8 Å². The number of hydrogen-bond donors (Lipinski definition) is 2. The number of likely N-dealkylation sites (tertiary alicyclic amines) is 1. The van der Waals surface area contributed by atoms with E-state index in [9.17, 15) is 4.79 Å². The summed E-state index contributed by atoms with van der Waals surface area (Å²) in [5.41, 5.74) is 2.57. The van der Waals surface area contributed by atoms with E-state index in [2.05, 4.69) is 52.8 Å². The van der Waals surface area contributed by atoms with Crippen molar-refractivity contribution >= 4 is 17.2 Å². The number of nitrogens with one attached hydrogen (secondary N) is 2. The number of piperidine rings is 1. The van der Waals surface area contributed by atoms with Crippen LogP contribution in [0.5, 0.6) is 0 Å². The van der Waals surface area contributed by atoms with Gasteiger partial charge in [-0.3, -0.25) is 4.79 Å². The number of amides is 1. The van der Waals surface area contributed by atoms with E-state index in [1.54, 1.807) is 0 Å². The fourth-order valence-electron chi connectivity index (χ4n) is 8.02. The first-order chi connectivity index (χ1) is 17.6. The van der Waals surface area contributed by atoms with Crippen LogP contribution in [0.4, 0.5) is 0 Å². The molecule has 2 saturated heterocycles. The van der Waals surface area contributed by atoms with Crippen molar-refractivity contribution in [2.45, 2.75) is 88.1 Å². The number of nitrogens with zero attached hydrogens (tertiary/aromatic N) is 2. The average Bonchev–Trinajstić information content (AvgIpc) is 3.54. The summed E-state index contributed by atoms with van der Waals surface area (Å²) in [6, 6.07) is 11.7. The average molecular weight is 507 g/mol. The van der Waals surface area contributed by atoms with Crippen molar-refractivity contribution in [3.05, 3.63) is 51.5 Å². The maximum Gasteiger partial charge on any atom is 0.228 e. The zero-order chi connectivity index (χ0) is 24.7. The van der Waals surface area contributed by atoms with Gasteiger partial charge in [0.15, 0.2) is 0 Å². The highest BCUT2D eigenvalue weighted by atomic mass is 32.1. The maximum atomic E-state index is 14.6. The molecule has 4 aliphatic rings. The third kappa shape index (κ3) is 4.23. The molecule has 2 aromatic rings. The fourth-order valence-corrected chi connectivity index (χ4v) is 9.27. The highest BCUT2D eigenvalue weighted by Crippen LogP contribution is 2.51. The molecular formula is C30H42N4OS. The van der Waals surface area contributed by atoms with Crippen LogP contribution in [0.25, 0.3) is 0 Å². The van der Waals surface area contributed by atoms with Crippen LogP contribution < -0.4 is 10.6 Å². The van der Waals surface area contributed by atoms with Gasteiger partial charge in [-0.15, -0.1) is 11.3 Å². The van der Waals surface area contributed by atoms with Crippen LogP contribution in [0.2, 0.25) is 0 Å². The van der Waals surface area contributed by atoms with Gasteiger partial charge in [0, 0.05) is 36.0 Å². The summed E-state index contributed by atoms with van der Waals surface area (Å²) >= 11 is 1.84. The molecule has 6 rings (SSSR count).